The van der Waals surface area contributed by atoms with Gasteiger partial charge in [0.25, 0.3) is 0 Å². The molecule has 12 rings (SSSR count). The Kier molecular flexibility index (Phi) is 8.84. The monoisotopic (exact) mass is 821 g/mol. The van der Waals surface area contributed by atoms with Crippen molar-refractivity contribution in [1.29, 1.82) is 0 Å². The molecule has 0 radical (unpaired) electrons. The Balaban J connectivity index is 1.08. The van der Waals surface area contributed by atoms with Gasteiger partial charge in [-0.25, -0.2) is 4.39 Å². The Labute approximate surface area is 374 Å². The van der Waals surface area contributed by atoms with Gasteiger partial charge in [0, 0.05) is 23.5 Å². The van der Waals surface area contributed by atoms with Gasteiger partial charge in [-0.2, -0.15) is 0 Å². The van der Waals surface area contributed by atoms with Crippen LogP contribution in [0.25, 0.3) is 27.8 Å². The van der Waals surface area contributed by atoms with E-state index in [0.29, 0.717) is 0 Å². The van der Waals surface area contributed by atoms with Crippen molar-refractivity contribution in [2.24, 2.45) is 0 Å². The smallest absolute Gasteiger partial charge is 0.157 e. The van der Waals surface area contributed by atoms with Crippen LogP contribution in [0.5, 0.6) is 0 Å². The van der Waals surface area contributed by atoms with Gasteiger partial charge < -0.3 is 4.90 Å². The van der Waals surface area contributed by atoms with Gasteiger partial charge in [0.15, 0.2) is 5.67 Å². The molecule has 3 aliphatic rings. The number of hydrogen-bond acceptors (Lipinski definition) is 1. The fraction of sp³-hybridized carbons (Fsp3) is 0.0645. The highest BCUT2D eigenvalue weighted by molar-refractivity contribution is 5.94. The zero-order valence-electron chi connectivity index (χ0n) is 35.3. The van der Waals surface area contributed by atoms with Crippen molar-refractivity contribution in [3.05, 3.63) is 299 Å². The fourth-order valence-electron chi connectivity index (χ4n) is 11.6. The lowest BCUT2D eigenvalue weighted by molar-refractivity contribution is 0.174. The second-order valence-electron chi connectivity index (χ2n) is 17.2. The first-order valence-electron chi connectivity index (χ1n) is 22.3. The van der Waals surface area contributed by atoms with Gasteiger partial charge in [0.05, 0.1) is 10.8 Å². The maximum Gasteiger partial charge on any atom is 0.157 e. The number of fused-ring (bicyclic) bond motifs is 5. The van der Waals surface area contributed by atoms with Crippen molar-refractivity contribution in [1.82, 2.24) is 0 Å². The van der Waals surface area contributed by atoms with Crippen LogP contribution in [0, 0.1) is 0 Å². The molecule has 2 heteroatoms. The highest BCUT2D eigenvalue weighted by Gasteiger charge is 2.68. The number of anilines is 3. The Morgan fingerprint density at radius 2 is 0.859 bits per heavy atom. The van der Waals surface area contributed by atoms with Crippen LogP contribution in [0.3, 0.4) is 0 Å². The summed E-state index contributed by atoms with van der Waals surface area (Å²) in [6.07, 6.45) is 6.37. The van der Waals surface area contributed by atoms with Gasteiger partial charge >= 0.3 is 0 Å². The first kappa shape index (κ1) is 37.9. The number of halogens is 1. The standard InChI is InChI=1S/C62H44FN/c63-60-43-18-17-30-54(60)53-29-19-34-58-59(53)62(60,48-24-9-3-10-25-48)57-33-16-15-32-56(57)61(58,47-22-7-2-8-23-47)55-31-14-13-28-52(55)46-37-41-51(42-38-46)64(49-26-11-4-12-27-49)50-39-35-45(36-40-50)44-20-5-1-6-21-44/h1-42H,43H2. The number of nitrogens with zero attached hydrogens (tertiary/aromatic N) is 1. The Morgan fingerprint density at radius 3 is 1.53 bits per heavy atom. The summed E-state index contributed by atoms with van der Waals surface area (Å²) in [6.45, 7) is 0. The molecule has 0 spiro atoms. The summed E-state index contributed by atoms with van der Waals surface area (Å²) in [5.41, 5.74) is 13.5. The molecule has 0 heterocycles. The van der Waals surface area contributed by atoms with Crippen LogP contribution < -0.4 is 4.90 Å². The molecule has 0 aromatic heterocycles. The van der Waals surface area contributed by atoms with Crippen LogP contribution in [-0.2, 0) is 10.8 Å². The fourth-order valence-corrected chi connectivity index (χ4v) is 11.6. The molecule has 1 nitrogen and oxygen atoms in total. The summed E-state index contributed by atoms with van der Waals surface area (Å²) in [5, 5.41) is 0. The largest absolute Gasteiger partial charge is 0.311 e. The molecular weight excluding hydrogens is 778 g/mol. The predicted molar refractivity (Wildman–Crippen MR) is 262 cm³/mol. The molecule has 0 fully saturated rings. The van der Waals surface area contributed by atoms with E-state index in [4.69, 9.17) is 0 Å². The van der Waals surface area contributed by atoms with E-state index in [2.05, 4.69) is 235 Å². The molecule has 3 atom stereocenters. The second-order valence-corrected chi connectivity index (χ2v) is 17.2. The number of benzene rings is 9. The Morgan fingerprint density at radius 1 is 0.375 bits per heavy atom. The number of para-hydroxylation sites is 1. The van der Waals surface area contributed by atoms with E-state index in [1.54, 1.807) is 0 Å². The molecule has 9 aromatic carbocycles. The number of rotatable bonds is 8. The number of alkyl halides is 1. The van der Waals surface area contributed by atoms with Gasteiger partial charge in [-0.15, -0.1) is 0 Å². The first-order valence-corrected chi connectivity index (χ1v) is 22.3. The molecule has 304 valence electrons. The zero-order valence-corrected chi connectivity index (χ0v) is 35.3. The minimum absolute atomic E-state index is 0.286. The average Bonchev–Trinajstić information content (AvgIpc) is 3.62. The van der Waals surface area contributed by atoms with Crippen LogP contribution in [0.2, 0.25) is 0 Å². The first-order chi connectivity index (χ1) is 31.6. The van der Waals surface area contributed by atoms with Crippen molar-refractivity contribution in [3.8, 4) is 22.3 Å². The summed E-state index contributed by atoms with van der Waals surface area (Å²) in [7, 11) is 0. The summed E-state index contributed by atoms with van der Waals surface area (Å²) < 4.78 is 19.2. The van der Waals surface area contributed by atoms with E-state index in [1.807, 2.05) is 24.3 Å². The minimum Gasteiger partial charge on any atom is -0.311 e. The molecule has 3 unspecified atom stereocenters. The molecule has 0 aliphatic heterocycles. The molecule has 0 bridgehead atoms. The van der Waals surface area contributed by atoms with Gasteiger partial charge in [-0.3, -0.25) is 0 Å². The molecule has 0 amide bonds. The van der Waals surface area contributed by atoms with Gasteiger partial charge in [0.2, 0.25) is 0 Å². The lowest BCUT2D eigenvalue weighted by atomic mass is 9.49. The van der Waals surface area contributed by atoms with Crippen molar-refractivity contribution in [2.45, 2.75) is 22.9 Å². The molecule has 9 aromatic rings. The Hall–Kier alpha value is -7.81. The molecule has 3 aliphatic carbocycles. The van der Waals surface area contributed by atoms with E-state index in [-0.39, 0.29) is 6.42 Å². The molecular formula is C62H44FN. The molecule has 0 N–H and O–H groups in total. The van der Waals surface area contributed by atoms with Crippen molar-refractivity contribution in [2.75, 3.05) is 4.90 Å². The van der Waals surface area contributed by atoms with Crippen molar-refractivity contribution < 1.29 is 4.39 Å². The zero-order chi connectivity index (χ0) is 42.7. The van der Waals surface area contributed by atoms with E-state index in [9.17, 15) is 0 Å². The van der Waals surface area contributed by atoms with Crippen molar-refractivity contribution in [3.63, 3.8) is 0 Å². The highest BCUT2D eigenvalue weighted by Crippen LogP contribution is 2.70. The minimum atomic E-state index is -1.71. The normalized spacial score (nSPS) is 20.1. The molecule has 0 saturated heterocycles. The topological polar surface area (TPSA) is 3.24 Å². The lowest BCUT2D eigenvalue weighted by Crippen LogP contribution is -2.53. The summed E-state index contributed by atoms with van der Waals surface area (Å²) >= 11 is 0. The summed E-state index contributed by atoms with van der Waals surface area (Å²) in [4.78, 5) is 2.32. The number of allylic oxidation sites excluding steroid dienone is 4. The quantitative estimate of drug-likeness (QED) is 0.148. The lowest BCUT2D eigenvalue weighted by Gasteiger charge is -2.52. The third-order valence-electron chi connectivity index (χ3n) is 14.1. The number of hydrogen-bond donors (Lipinski definition) is 0. The van der Waals surface area contributed by atoms with Crippen LogP contribution in [0.15, 0.2) is 255 Å². The van der Waals surface area contributed by atoms with E-state index in [0.717, 1.165) is 78.3 Å². The predicted octanol–water partition coefficient (Wildman–Crippen LogP) is 15.6. The van der Waals surface area contributed by atoms with Crippen LogP contribution in [-0.4, -0.2) is 5.67 Å². The van der Waals surface area contributed by atoms with Gasteiger partial charge in [-0.1, -0.05) is 218 Å². The van der Waals surface area contributed by atoms with Gasteiger partial charge in [0.1, 0.15) is 0 Å². The third kappa shape index (κ3) is 5.36. The Bertz CT molecular complexity index is 3230. The van der Waals surface area contributed by atoms with Crippen LogP contribution >= 0.6 is 0 Å². The molecule has 64 heavy (non-hydrogen) atoms. The van der Waals surface area contributed by atoms with Gasteiger partial charge in [-0.05, 0) is 109 Å². The maximum atomic E-state index is 19.2. The van der Waals surface area contributed by atoms with Crippen LogP contribution in [0.1, 0.15) is 50.9 Å². The molecule has 0 saturated carbocycles. The van der Waals surface area contributed by atoms with E-state index >= 15 is 4.39 Å². The van der Waals surface area contributed by atoms with Crippen LogP contribution in [0.4, 0.5) is 21.5 Å². The summed E-state index contributed by atoms with van der Waals surface area (Å²) in [5.74, 6) is 0. The van der Waals surface area contributed by atoms with E-state index < -0.39 is 16.5 Å². The average molecular weight is 822 g/mol. The second kappa shape index (κ2) is 14.9. The van der Waals surface area contributed by atoms with Crippen molar-refractivity contribution >= 4 is 22.6 Å². The van der Waals surface area contributed by atoms with E-state index in [1.165, 1.54) is 11.1 Å². The highest BCUT2D eigenvalue weighted by atomic mass is 19.1. The SMILES string of the molecule is FC12CC=CC=C1c1cccc3c1C2(c1ccccc1)c1ccccc1C3(c1ccccc1)c1ccccc1-c1ccc(N(c2ccccc2)c2ccc(-c3ccccc3)cc2)cc1. The maximum absolute atomic E-state index is 19.2. The third-order valence-corrected chi connectivity index (χ3v) is 14.1. The summed E-state index contributed by atoms with van der Waals surface area (Å²) in [6, 6.07) is 84.5.